The lowest BCUT2D eigenvalue weighted by Gasteiger charge is -2.24. The van der Waals surface area contributed by atoms with E-state index in [9.17, 15) is 0 Å². The van der Waals surface area contributed by atoms with Crippen LogP contribution in [0.1, 0.15) is 22.3 Å². The summed E-state index contributed by atoms with van der Waals surface area (Å²) in [6.07, 6.45) is 8.83. The van der Waals surface area contributed by atoms with E-state index in [1.54, 1.807) is 0 Å². The van der Waals surface area contributed by atoms with Gasteiger partial charge in [-0.2, -0.15) is 0 Å². The third-order valence-corrected chi connectivity index (χ3v) is 10.3. The van der Waals surface area contributed by atoms with Crippen molar-refractivity contribution < 1.29 is 23.7 Å². The Morgan fingerprint density at radius 2 is 0.655 bits per heavy atom. The lowest BCUT2D eigenvalue weighted by Crippen LogP contribution is -2.36. The van der Waals surface area contributed by atoms with Gasteiger partial charge in [0.1, 0.15) is 0 Å². The molecule has 286 valence electrons. The van der Waals surface area contributed by atoms with Gasteiger partial charge in [-0.1, -0.05) is 121 Å². The van der Waals surface area contributed by atoms with Gasteiger partial charge in [0.05, 0.1) is 65.1 Å². The van der Waals surface area contributed by atoms with Crippen LogP contribution >= 0.6 is 0 Å². The van der Waals surface area contributed by atoms with Crippen molar-refractivity contribution in [2.75, 3.05) is 92.1 Å². The molecule has 0 atom stereocenters. The van der Waals surface area contributed by atoms with E-state index in [-0.39, 0.29) is 12.2 Å². The SMILES string of the molecule is C1=C(c2ccccc2)C(c2ccccc2)=CC1OCCN1CCOCCOCCN(CCOC2C=C(c3ccccc3)C(c3ccccc3)=C2)CCOCC1. The molecule has 1 aliphatic heterocycles. The molecule has 0 unspecified atom stereocenters. The number of benzene rings is 4. The summed E-state index contributed by atoms with van der Waals surface area (Å²) in [6, 6.07) is 42.3. The molecule has 4 aromatic carbocycles. The monoisotopic (exact) mass is 738 g/mol. The largest absolute Gasteiger partial charge is 0.379 e. The Bertz CT molecular complexity index is 1610. The smallest absolute Gasteiger partial charge is 0.0956 e. The Balaban J connectivity index is 0.886. The zero-order valence-corrected chi connectivity index (χ0v) is 31.8. The Morgan fingerprint density at radius 3 is 0.945 bits per heavy atom. The molecular formula is C48H54N2O5. The fraction of sp³-hybridized carbons (Fsp3) is 0.333. The van der Waals surface area contributed by atoms with E-state index in [2.05, 4.69) is 155 Å². The van der Waals surface area contributed by atoms with Crippen LogP contribution in [0.15, 0.2) is 146 Å². The summed E-state index contributed by atoms with van der Waals surface area (Å²) in [5.74, 6) is 0. The lowest BCUT2D eigenvalue weighted by atomic mass is 9.95. The molecule has 0 spiro atoms. The molecule has 55 heavy (non-hydrogen) atoms. The van der Waals surface area contributed by atoms with E-state index in [0.717, 1.165) is 39.3 Å². The van der Waals surface area contributed by atoms with Gasteiger partial charge in [0.25, 0.3) is 0 Å². The first-order chi connectivity index (χ1) is 27.3. The van der Waals surface area contributed by atoms with Gasteiger partial charge in [0.15, 0.2) is 0 Å². The van der Waals surface area contributed by atoms with Crippen molar-refractivity contribution in [1.29, 1.82) is 0 Å². The van der Waals surface area contributed by atoms with Crippen LogP contribution < -0.4 is 0 Å². The minimum atomic E-state index is -0.0778. The van der Waals surface area contributed by atoms with Crippen LogP contribution in [0.2, 0.25) is 0 Å². The number of hydrogen-bond acceptors (Lipinski definition) is 7. The predicted octanol–water partition coefficient (Wildman–Crippen LogP) is 7.79. The van der Waals surface area contributed by atoms with E-state index in [0.29, 0.717) is 52.9 Å². The third kappa shape index (κ3) is 11.5. The zero-order valence-electron chi connectivity index (χ0n) is 31.8. The molecule has 1 saturated heterocycles. The van der Waals surface area contributed by atoms with Crippen LogP contribution in [0.25, 0.3) is 22.3 Å². The molecule has 1 fully saturated rings. The average molecular weight is 739 g/mol. The van der Waals surface area contributed by atoms with E-state index < -0.39 is 0 Å². The van der Waals surface area contributed by atoms with E-state index in [1.807, 2.05) is 0 Å². The standard InChI is InChI=1S/C48H54N2O5/c1-5-13-39(14-6-1)45-35-43(36-46(45)40-15-7-2-8-16-40)54-31-25-49-21-27-51-28-22-50(24-30-53-34-33-52-29-23-49)26-32-55-44-37-47(41-17-9-3-10-18-41)48(38-44)42-19-11-4-12-20-42/h1-20,35-38,43-44H,21-34H2. The fourth-order valence-electron chi connectivity index (χ4n) is 7.29. The molecule has 2 aliphatic carbocycles. The second-order valence-corrected chi connectivity index (χ2v) is 14.0. The van der Waals surface area contributed by atoms with Crippen LogP contribution in [0, 0.1) is 0 Å². The summed E-state index contributed by atoms with van der Waals surface area (Å²) in [4.78, 5) is 4.75. The molecule has 0 bridgehead atoms. The van der Waals surface area contributed by atoms with Crippen molar-refractivity contribution in [3.8, 4) is 0 Å². The molecule has 4 aromatic rings. The second-order valence-electron chi connectivity index (χ2n) is 14.0. The number of allylic oxidation sites excluding steroid dienone is 4. The van der Waals surface area contributed by atoms with E-state index >= 15 is 0 Å². The van der Waals surface area contributed by atoms with Gasteiger partial charge in [-0.15, -0.1) is 0 Å². The summed E-state index contributed by atoms with van der Waals surface area (Å²) < 4.78 is 31.0. The highest BCUT2D eigenvalue weighted by atomic mass is 16.5. The summed E-state index contributed by atoms with van der Waals surface area (Å²) in [7, 11) is 0. The molecule has 7 heteroatoms. The second kappa shape index (κ2) is 21.0. The quantitative estimate of drug-likeness (QED) is 0.147. The molecule has 0 saturated carbocycles. The van der Waals surface area contributed by atoms with Crippen LogP contribution in [0.3, 0.4) is 0 Å². The molecule has 1 heterocycles. The molecular weight excluding hydrogens is 685 g/mol. The first-order valence-electron chi connectivity index (χ1n) is 19.8. The average Bonchev–Trinajstić information content (AvgIpc) is 3.87. The van der Waals surface area contributed by atoms with E-state index in [4.69, 9.17) is 23.7 Å². The third-order valence-electron chi connectivity index (χ3n) is 10.3. The van der Waals surface area contributed by atoms with Crippen LogP contribution in [-0.4, -0.2) is 114 Å². The van der Waals surface area contributed by atoms with Crippen LogP contribution in [0.4, 0.5) is 0 Å². The summed E-state index contributed by atoms with van der Waals surface area (Å²) in [5, 5.41) is 0. The Kier molecular flexibility index (Phi) is 14.8. The maximum absolute atomic E-state index is 6.46. The summed E-state index contributed by atoms with van der Waals surface area (Å²) in [6.45, 7) is 9.88. The Hall–Kier alpha value is -4.44. The molecule has 0 radical (unpaired) electrons. The molecule has 0 aromatic heterocycles. The maximum Gasteiger partial charge on any atom is 0.0956 e. The van der Waals surface area contributed by atoms with Gasteiger partial charge < -0.3 is 23.7 Å². The van der Waals surface area contributed by atoms with Gasteiger partial charge in [0.2, 0.25) is 0 Å². The maximum atomic E-state index is 6.46. The first-order valence-corrected chi connectivity index (χ1v) is 19.8. The molecule has 7 nitrogen and oxygen atoms in total. The fourth-order valence-corrected chi connectivity index (χ4v) is 7.29. The van der Waals surface area contributed by atoms with Crippen molar-refractivity contribution in [3.05, 3.63) is 168 Å². The topological polar surface area (TPSA) is 52.6 Å². The number of nitrogens with zero attached hydrogens (tertiary/aromatic N) is 2. The number of hydrogen-bond donors (Lipinski definition) is 0. The molecule has 0 amide bonds. The minimum Gasteiger partial charge on any atom is -0.379 e. The highest BCUT2D eigenvalue weighted by molar-refractivity contribution is 6.08. The van der Waals surface area contributed by atoms with Gasteiger partial charge in [-0.25, -0.2) is 0 Å². The lowest BCUT2D eigenvalue weighted by molar-refractivity contribution is 0.0244. The first kappa shape index (κ1) is 38.8. The molecule has 3 aliphatic rings. The van der Waals surface area contributed by atoms with Crippen molar-refractivity contribution in [2.45, 2.75) is 12.2 Å². The number of rotatable bonds is 12. The minimum absolute atomic E-state index is 0.0778. The van der Waals surface area contributed by atoms with Crippen LogP contribution in [-0.2, 0) is 23.7 Å². The molecule has 7 rings (SSSR count). The summed E-state index contributed by atoms with van der Waals surface area (Å²) in [5.41, 5.74) is 9.70. The molecule has 0 N–H and O–H groups in total. The van der Waals surface area contributed by atoms with Crippen molar-refractivity contribution in [3.63, 3.8) is 0 Å². The Labute approximate surface area is 327 Å². The zero-order chi connectivity index (χ0) is 37.3. The Morgan fingerprint density at radius 1 is 0.382 bits per heavy atom. The van der Waals surface area contributed by atoms with Gasteiger partial charge >= 0.3 is 0 Å². The van der Waals surface area contributed by atoms with Gasteiger partial charge in [-0.05, 0) is 68.9 Å². The highest BCUT2D eigenvalue weighted by Crippen LogP contribution is 2.38. The highest BCUT2D eigenvalue weighted by Gasteiger charge is 2.22. The normalized spacial score (nSPS) is 18.9. The predicted molar refractivity (Wildman–Crippen MR) is 222 cm³/mol. The summed E-state index contributed by atoms with van der Waals surface area (Å²) >= 11 is 0. The van der Waals surface area contributed by atoms with E-state index in [1.165, 1.54) is 44.5 Å². The van der Waals surface area contributed by atoms with Gasteiger partial charge in [-0.3, -0.25) is 9.80 Å². The van der Waals surface area contributed by atoms with Gasteiger partial charge in [0, 0.05) is 39.3 Å². The van der Waals surface area contributed by atoms with Crippen molar-refractivity contribution in [2.24, 2.45) is 0 Å². The van der Waals surface area contributed by atoms with Crippen molar-refractivity contribution >= 4 is 22.3 Å². The van der Waals surface area contributed by atoms with Crippen LogP contribution in [0.5, 0.6) is 0 Å². The number of ether oxygens (including phenoxy) is 5. The van der Waals surface area contributed by atoms with Crippen molar-refractivity contribution in [1.82, 2.24) is 9.80 Å².